The number of carbonyl (C=O) groups excluding carboxylic acids is 3. The van der Waals surface area contributed by atoms with Crippen molar-refractivity contribution >= 4 is 34.8 Å². The van der Waals surface area contributed by atoms with Gasteiger partial charge in [0.15, 0.2) is 0 Å². The van der Waals surface area contributed by atoms with E-state index in [1.54, 1.807) is 32.9 Å². The minimum absolute atomic E-state index is 0.00861. The number of halogens is 1. The van der Waals surface area contributed by atoms with E-state index in [1.807, 2.05) is 36.4 Å². The van der Waals surface area contributed by atoms with Crippen molar-refractivity contribution in [1.82, 2.24) is 20.5 Å². The largest absolute Gasteiger partial charge is 0.483 e. The van der Waals surface area contributed by atoms with Crippen LogP contribution >= 0.6 is 0 Å². The van der Waals surface area contributed by atoms with Gasteiger partial charge in [0.1, 0.15) is 46.1 Å². The lowest BCUT2D eigenvalue weighted by atomic mass is 9.66. The number of alkyl carbamates (subject to hydrolysis) is 1. The van der Waals surface area contributed by atoms with Gasteiger partial charge in [-0.1, -0.05) is 55.3 Å². The predicted molar refractivity (Wildman–Crippen MR) is 196 cm³/mol. The van der Waals surface area contributed by atoms with E-state index in [0.29, 0.717) is 49.1 Å². The van der Waals surface area contributed by atoms with Crippen molar-refractivity contribution in [2.24, 2.45) is 5.92 Å². The van der Waals surface area contributed by atoms with Crippen molar-refractivity contribution in [2.45, 2.75) is 114 Å². The molecule has 2 aromatic carbocycles. The number of amides is 3. The lowest BCUT2D eigenvalue weighted by Gasteiger charge is -2.46. The van der Waals surface area contributed by atoms with Gasteiger partial charge in [0, 0.05) is 28.9 Å². The number of ether oxygens (including phenoxy) is 2. The average molecular weight is 727 g/mol. The van der Waals surface area contributed by atoms with E-state index in [1.165, 1.54) is 17.0 Å². The molecule has 4 heterocycles. The van der Waals surface area contributed by atoms with Crippen LogP contribution in [0.3, 0.4) is 0 Å². The average Bonchev–Trinajstić information content (AvgIpc) is 3.47. The Morgan fingerprint density at radius 3 is 2.62 bits per heavy atom. The van der Waals surface area contributed by atoms with Crippen molar-refractivity contribution in [3.63, 3.8) is 0 Å². The number of fused-ring (bicyclic) bond motifs is 5. The third kappa shape index (κ3) is 7.20. The number of hydrogen-bond acceptors (Lipinski definition) is 7. The lowest BCUT2D eigenvalue weighted by Crippen LogP contribution is -2.67. The van der Waals surface area contributed by atoms with Crippen molar-refractivity contribution < 1.29 is 38.1 Å². The summed E-state index contributed by atoms with van der Waals surface area (Å²) < 4.78 is 27.1. The van der Waals surface area contributed by atoms with Crippen LogP contribution in [0.2, 0.25) is 0 Å². The Kier molecular flexibility index (Phi) is 9.67. The highest BCUT2D eigenvalue weighted by Gasteiger charge is 2.57. The number of hydrogen-bond donors (Lipinski definition) is 3. The van der Waals surface area contributed by atoms with Crippen LogP contribution in [-0.4, -0.2) is 74.2 Å². The molecule has 1 aromatic heterocycles. The topological polar surface area (TPSA) is 147 Å². The molecule has 1 spiro atoms. The molecule has 53 heavy (non-hydrogen) atoms. The first-order valence-electron chi connectivity index (χ1n) is 18.7. The second-order valence-electron chi connectivity index (χ2n) is 15.9. The van der Waals surface area contributed by atoms with Crippen LogP contribution in [0.5, 0.6) is 5.75 Å². The number of para-hydroxylation sites is 1. The van der Waals surface area contributed by atoms with Crippen molar-refractivity contribution in [2.75, 3.05) is 6.54 Å². The normalized spacial score (nSPS) is 28.2. The number of nitrogens with zero attached hydrogens (tertiary/aromatic N) is 2. The van der Waals surface area contributed by atoms with Gasteiger partial charge in [-0.2, -0.15) is 0 Å². The van der Waals surface area contributed by atoms with Crippen LogP contribution < -0.4 is 15.4 Å². The predicted octanol–water partition coefficient (Wildman–Crippen LogP) is 6.47. The van der Waals surface area contributed by atoms with E-state index in [0.717, 1.165) is 35.7 Å². The summed E-state index contributed by atoms with van der Waals surface area (Å²) in [6, 6.07) is 11.7. The maximum atomic E-state index is 14.7. The van der Waals surface area contributed by atoms with Gasteiger partial charge in [-0.3, -0.25) is 9.59 Å². The molecule has 3 amide bonds. The Balaban J connectivity index is 1.29. The molecule has 2 fully saturated rings. The van der Waals surface area contributed by atoms with Crippen LogP contribution in [0.4, 0.5) is 9.18 Å². The Bertz CT molecular complexity index is 1980. The van der Waals surface area contributed by atoms with Crippen LogP contribution in [-0.2, 0) is 25.5 Å². The molecule has 3 N–H and O–H groups in total. The van der Waals surface area contributed by atoms with Gasteiger partial charge < -0.3 is 30.1 Å². The molecule has 3 aliphatic heterocycles. The number of aliphatic carboxylic acids is 1. The molecule has 1 aliphatic carbocycles. The zero-order valence-electron chi connectivity index (χ0n) is 30.5. The van der Waals surface area contributed by atoms with Gasteiger partial charge in [-0.25, -0.2) is 19.0 Å². The first-order valence-corrected chi connectivity index (χ1v) is 18.7. The number of benzene rings is 2. The number of carboxylic acid groups (broad SMARTS) is 1. The molecule has 280 valence electrons. The molecule has 12 heteroatoms. The minimum Gasteiger partial charge on any atom is -0.483 e. The molecule has 5 atom stereocenters. The number of carboxylic acids is 1. The maximum Gasteiger partial charge on any atom is 0.408 e. The molecule has 0 bridgehead atoms. The van der Waals surface area contributed by atoms with Crippen molar-refractivity contribution in [3.8, 4) is 17.0 Å². The number of rotatable bonds is 3. The second-order valence-corrected chi connectivity index (χ2v) is 15.9. The summed E-state index contributed by atoms with van der Waals surface area (Å²) in [6.45, 7) is 5.23. The molecule has 3 aromatic rings. The third-order valence-electron chi connectivity index (χ3n) is 11.1. The van der Waals surface area contributed by atoms with Gasteiger partial charge in [0.05, 0.1) is 12.1 Å². The molecule has 0 unspecified atom stereocenters. The van der Waals surface area contributed by atoms with Crippen LogP contribution in [0, 0.1) is 11.7 Å². The molecular formula is C41H47FN4O7. The van der Waals surface area contributed by atoms with Crippen molar-refractivity contribution in [3.05, 3.63) is 72.1 Å². The SMILES string of the molecule is CC(C)(C)OC(=O)N[C@H]1CCCCC/C=C\[C@@H]2CC[C@@]2(C(=O)O)NC(=O)[C@@H]2C[C@]3(CCc4c(c(-c5cccc(F)c5)nc5ccccc45)O3)CN2C1=O. The van der Waals surface area contributed by atoms with E-state index < -0.39 is 58.5 Å². The molecule has 1 saturated carbocycles. The molecule has 4 aliphatic rings. The fourth-order valence-electron chi connectivity index (χ4n) is 8.33. The monoisotopic (exact) mass is 726 g/mol. The van der Waals surface area contributed by atoms with Crippen molar-refractivity contribution in [1.29, 1.82) is 0 Å². The minimum atomic E-state index is -1.50. The van der Waals surface area contributed by atoms with Gasteiger partial charge in [0.2, 0.25) is 11.8 Å². The molecular weight excluding hydrogens is 679 g/mol. The standard InChI is InChI=1S/C41H47FN4O7/c1-39(2,3)53-38(51)44-31-17-8-6-4-5-7-13-26-18-21-41(26,37(49)50)45-35(47)32-23-40(24-46(32)36(31)48)20-19-29-28-15-9-10-16-30(28)43-33(34(29)52-40)25-12-11-14-27(42)22-25/h7,9-16,22,26,31-32H,4-6,8,17-21,23-24H2,1-3H3,(H,44,51)(H,45,47)(H,49,50)/b13-7-/t26-,31+,32+,40-,41-/m1/s1. The van der Waals surface area contributed by atoms with E-state index in [4.69, 9.17) is 14.5 Å². The number of aromatic nitrogens is 1. The fraction of sp³-hybridized carbons (Fsp3) is 0.488. The van der Waals surface area contributed by atoms with Crippen LogP contribution in [0.15, 0.2) is 60.7 Å². The quantitative estimate of drug-likeness (QED) is 0.261. The number of pyridine rings is 1. The summed E-state index contributed by atoms with van der Waals surface area (Å²) in [5, 5.41) is 17.0. The molecule has 0 radical (unpaired) electrons. The Hall–Kier alpha value is -5.00. The summed E-state index contributed by atoms with van der Waals surface area (Å²) in [5.41, 5.74) is -0.744. The fourth-order valence-corrected chi connectivity index (χ4v) is 8.33. The van der Waals surface area contributed by atoms with Gasteiger partial charge >= 0.3 is 12.1 Å². The first-order chi connectivity index (χ1) is 25.3. The Morgan fingerprint density at radius 1 is 1.08 bits per heavy atom. The number of carbonyl (C=O) groups is 4. The highest BCUT2D eigenvalue weighted by atomic mass is 19.1. The van der Waals surface area contributed by atoms with Gasteiger partial charge in [0.25, 0.3) is 0 Å². The summed E-state index contributed by atoms with van der Waals surface area (Å²) >= 11 is 0. The van der Waals surface area contributed by atoms with E-state index >= 15 is 0 Å². The zero-order chi connectivity index (χ0) is 37.5. The number of allylic oxidation sites excluding steroid dienone is 1. The lowest BCUT2D eigenvalue weighted by molar-refractivity contribution is -0.156. The van der Waals surface area contributed by atoms with Gasteiger partial charge in [-0.05, 0) is 83.9 Å². The number of nitrogens with one attached hydrogen (secondary N) is 2. The second kappa shape index (κ2) is 14.1. The smallest absolute Gasteiger partial charge is 0.408 e. The number of aryl methyl sites for hydroxylation is 1. The summed E-state index contributed by atoms with van der Waals surface area (Å²) in [7, 11) is 0. The summed E-state index contributed by atoms with van der Waals surface area (Å²) in [5.74, 6) is -2.52. The highest BCUT2D eigenvalue weighted by molar-refractivity contribution is 5.96. The Labute approximate surface area is 308 Å². The van der Waals surface area contributed by atoms with E-state index in [9.17, 15) is 28.7 Å². The highest BCUT2D eigenvalue weighted by Crippen LogP contribution is 2.48. The van der Waals surface area contributed by atoms with Crippen LogP contribution in [0.1, 0.15) is 84.1 Å². The molecule has 7 rings (SSSR count). The maximum absolute atomic E-state index is 14.7. The zero-order valence-corrected chi connectivity index (χ0v) is 30.5. The van der Waals surface area contributed by atoms with Gasteiger partial charge in [-0.15, -0.1) is 0 Å². The summed E-state index contributed by atoms with van der Waals surface area (Å²) in [4.78, 5) is 61.4. The molecule has 1 saturated heterocycles. The van der Waals surface area contributed by atoms with E-state index in [-0.39, 0.29) is 25.3 Å². The Morgan fingerprint density at radius 2 is 1.89 bits per heavy atom. The molecule has 11 nitrogen and oxygen atoms in total. The van der Waals surface area contributed by atoms with Crippen LogP contribution in [0.25, 0.3) is 22.2 Å². The first kappa shape index (κ1) is 36.4. The van der Waals surface area contributed by atoms with E-state index in [2.05, 4.69) is 10.6 Å². The third-order valence-corrected chi connectivity index (χ3v) is 11.1. The summed E-state index contributed by atoms with van der Waals surface area (Å²) in [6.07, 6.45) is 8.37.